The quantitative estimate of drug-likeness (QED) is 0.632. The van der Waals surface area contributed by atoms with E-state index in [-0.39, 0.29) is 5.82 Å². The van der Waals surface area contributed by atoms with E-state index in [4.69, 9.17) is 9.47 Å². The molecule has 1 aromatic rings. The maximum atomic E-state index is 11.5. The average molecular weight is 266 g/mol. The molecule has 104 valence electrons. The molecule has 6 nitrogen and oxygen atoms in total. The van der Waals surface area contributed by atoms with E-state index in [0.29, 0.717) is 18.8 Å². The van der Waals surface area contributed by atoms with Crippen LogP contribution in [0.15, 0.2) is 18.3 Å². The average Bonchev–Trinajstić information content (AvgIpc) is 2.39. The lowest BCUT2D eigenvalue weighted by atomic mass is 10.2. The van der Waals surface area contributed by atoms with E-state index < -0.39 is 12.1 Å². The third-order valence-corrected chi connectivity index (χ3v) is 2.23. The van der Waals surface area contributed by atoms with Crippen molar-refractivity contribution in [3.8, 4) is 0 Å². The fourth-order valence-corrected chi connectivity index (χ4v) is 1.29. The van der Waals surface area contributed by atoms with Crippen molar-refractivity contribution >= 4 is 17.9 Å². The smallest absolute Gasteiger partial charge is 0.412 e. The van der Waals surface area contributed by atoms with Gasteiger partial charge in [-0.25, -0.2) is 14.6 Å². The van der Waals surface area contributed by atoms with Gasteiger partial charge >= 0.3 is 12.1 Å². The van der Waals surface area contributed by atoms with Crippen LogP contribution in [0.1, 0.15) is 37.0 Å². The van der Waals surface area contributed by atoms with Gasteiger partial charge in [0.25, 0.3) is 0 Å². The van der Waals surface area contributed by atoms with E-state index in [9.17, 15) is 9.59 Å². The van der Waals surface area contributed by atoms with E-state index >= 15 is 0 Å². The highest BCUT2D eigenvalue weighted by atomic mass is 16.5. The van der Waals surface area contributed by atoms with Crippen molar-refractivity contribution in [3.05, 3.63) is 23.9 Å². The van der Waals surface area contributed by atoms with Crippen molar-refractivity contribution in [1.29, 1.82) is 0 Å². The van der Waals surface area contributed by atoms with Crippen molar-refractivity contribution in [1.82, 2.24) is 4.98 Å². The summed E-state index contributed by atoms with van der Waals surface area (Å²) in [7, 11) is 0. The number of nitrogens with one attached hydrogen (secondary N) is 1. The largest absolute Gasteiger partial charge is 0.462 e. The number of anilines is 1. The summed E-state index contributed by atoms with van der Waals surface area (Å²) in [6.45, 7) is 4.39. The highest BCUT2D eigenvalue weighted by Crippen LogP contribution is 2.08. The first-order valence-corrected chi connectivity index (χ1v) is 6.24. The molecule has 1 heterocycles. The van der Waals surface area contributed by atoms with Crippen LogP contribution < -0.4 is 5.32 Å². The summed E-state index contributed by atoms with van der Waals surface area (Å²) >= 11 is 0. The molecule has 0 spiro atoms. The molecule has 1 rings (SSSR count). The monoisotopic (exact) mass is 266 g/mol. The predicted octanol–water partition coefficient (Wildman–Crippen LogP) is 2.61. The van der Waals surface area contributed by atoms with Gasteiger partial charge in [0.2, 0.25) is 0 Å². The van der Waals surface area contributed by atoms with E-state index in [1.54, 1.807) is 6.92 Å². The van der Waals surface area contributed by atoms with Crippen molar-refractivity contribution in [3.63, 3.8) is 0 Å². The van der Waals surface area contributed by atoms with Gasteiger partial charge in [0, 0.05) is 6.20 Å². The van der Waals surface area contributed by atoms with Crippen LogP contribution in [-0.2, 0) is 9.47 Å². The minimum atomic E-state index is -0.582. The van der Waals surface area contributed by atoms with E-state index in [1.807, 2.05) is 6.92 Å². The van der Waals surface area contributed by atoms with Crippen molar-refractivity contribution < 1.29 is 19.1 Å². The first-order valence-electron chi connectivity index (χ1n) is 6.24. The number of nitrogens with zero attached hydrogens (tertiary/aromatic N) is 1. The number of aromatic nitrogens is 1. The number of hydrogen-bond donors (Lipinski definition) is 1. The van der Waals surface area contributed by atoms with Gasteiger partial charge in [-0.3, -0.25) is 5.32 Å². The summed E-state index contributed by atoms with van der Waals surface area (Å²) in [5, 5.41) is 2.46. The van der Waals surface area contributed by atoms with Gasteiger partial charge in [0.05, 0.1) is 18.8 Å². The van der Waals surface area contributed by atoms with Crippen LogP contribution in [-0.4, -0.2) is 30.3 Å². The first-order chi connectivity index (χ1) is 9.17. The van der Waals surface area contributed by atoms with Gasteiger partial charge in [0.1, 0.15) is 5.82 Å². The number of carbonyl (C=O) groups is 2. The minimum Gasteiger partial charge on any atom is -0.462 e. The zero-order chi connectivity index (χ0) is 14.1. The molecule has 1 aromatic heterocycles. The fraction of sp³-hybridized carbons (Fsp3) is 0.462. The van der Waals surface area contributed by atoms with Crippen LogP contribution in [0.2, 0.25) is 0 Å². The fourth-order valence-electron chi connectivity index (χ4n) is 1.29. The van der Waals surface area contributed by atoms with Crippen LogP contribution in [0, 0.1) is 0 Å². The van der Waals surface area contributed by atoms with Gasteiger partial charge < -0.3 is 9.47 Å². The molecule has 6 heteroatoms. The molecular weight excluding hydrogens is 248 g/mol. The van der Waals surface area contributed by atoms with Gasteiger partial charge in [0.15, 0.2) is 0 Å². The van der Waals surface area contributed by atoms with Gasteiger partial charge in [-0.2, -0.15) is 0 Å². The molecule has 0 saturated carbocycles. The summed E-state index contributed by atoms with van der Waals surface area (Å²) in [4.78, 5) is 26.8. The number of ether oxygens (including phenoxy) is 2. The minimum absolute atomic E-state index is 0.257. The Morgan fingerprint density at radius 2 is 2.11 bits per heavy atom. The van der Waals surface area contributed by atoms with E-state index in [1.165, 1.54) is 18.3 Å². The molecule has 0 atom stereocenters. The van der Waals surface area contributed by atoms with E-state index in [0.717, 1.165) is 12.8 Å². The lowest BCUT2D eigenvalue weighted by Gasteiger charge is -2.07. The number of hydrogen-bond acceptors (Lipinski definition) is 5. The predicted molar refractivity (Wildman–Crippen MR) is 70.1 cm³/mol. The van der Waals surface area contributed by atoms with Gasteiger partial charge in [-0.1, -0.05) is 13.3 Å². The third kappa shape index (κ3) is 5.37. The maximum absolute atomic E-state index is 11.5. The Morgan fingerprint density at radius 1 is 1.32 bits per heavy atom. The molecule has 1 amide bonds. The second kappa shape index (κ2) is 8.07. The molecule has 0 aliphatic heterocycles. The van der Waals surface area contributed by atoms with Gasteiger partial charge in [-0.05, 0) is 25.5 Å². The van der Waals surface area contributed by atoms with Crippen LogP contribution in [0.4, 0.5) is 10.6 Å². The summed E-state index contributed by atoms with van der Waals surface area (Å²) in [6, 6.07) is 2.96. The normalized spacial score (nSPS) is 9.79. The summed E-state index contributed by atoms with van der Waals surface area (Å²) in [5.41, 5.74) is 0.334. The van der Waals surface area contributed by atoms with Gasteiger partial charge in [-0.15, -0.1) is 0 Å². The molecule has 0 unspecified atom stereocenters. The number of amides is 1. The highest BCUT2D eigenvalue weighted by Gasteiger charge is 2.09. The Balaban J connectivity index is 2.56. The number of pyridine rings is 1. The molecule has 0 radical (unpaired) electrons. The lowest BCUT2D eigenvalue weighted by Crippen LogP contribution is -2.16. The highest BCUT2D eigenvalue weighted by molar-refractivity contribution is 5.91. The number of unbranched alkanes of at least 4 members (excludes halogenated alkanes) is 1. The van der Waals surface area contributed by atoms with E-state index in [2.05, 4.69) is 10.3 Å². The summed E-state index contributed by atoms with van der Waals surface area (Å²) in [6.07, 6.45) is 2.60. The molecule has 19 heavy (non-hydrogen) atoms. The molecule has 1 N–H and O–H groups in total. The Labute approximate surface area is 112 Å². The Bertz CT molecular complexity index is 434. The van der Waals surface area contributed by atoms with Crippen molar-refractivity contribution in [2.45, 2.75) is 26.7 Å². The first kappa shape index (κ1) is 14.9. The second-order valence-corrected chi connectivity index (χ2v) is 3.76. The van der Waals surface area contributed by atoms with Crippen LogP contribution in [0.25, 0.3) is 0 Å². The third-order valence-electron chi connectivity index (χ3n) is 2.23. The molecule has 0 fully saturated rings. The number of carbonyl (C=O) groups excluding carboxylic acids is 2. The molecule has 0 bridgehead atoms. The maximum Gasteiger partial charge on any atom is 0.412 e. The second-order valence-electron chi connectivity index (χ2n) is 3.76. The Hall–Kier alpha value is -2.11. The summed E-state index contributed by atoms with van der Waals surface area (Å²) < 4.78 is 9.78. The molecule has 0 aliphatic carbocycles. The zero-order valence-corrected chi connectivity index (χ0v) is 11.1. The molecule has 0 saturated heterocycles. The zero-order valence-electron chi connectivity index (χ0n) is 11.1. The van der Waals surface area contributed by atoms with Crippen LogP contribution in [0.3, 0.4) is 0 Å². The SMILES string of the molecule is CCCCOC(=O)Nc1cc(C(=O)OCC)ccn1. The summed E-state index contributed by atoms with van der Waals surface area (Å²) in [5.74, 6) is -0.195. The lowest BCUT2D eigenvalue weighted by molar-refractivity contribution is 0.0526. The van der Waals surface area contributed by atoms with Crippen LogP contribution >= 0.6 is 0 Å². The van der Waals surface area contributed by atoms with Crippen molar-refractivity contribution in [2.24, 2.45) is 0 Å². The Kier molecular flexibility index (Phi) is 6.35. The Morgan fingerprint density at radius 3 is 2.79 bits per heavy atom. The van der Waals surface area contributed by atoms with Crippen molar-refractivity contribution in [2.75, 3.05) is 18.5 Å². The molecule has 0 aromatic carbocycles. The molecule has 0 aliphatic rings. The number of rotatable bonds is 6. The number of esters is 1. The molecular formula is C13H18N2O4. The standard InChI is InChI=1S/C13H18N2O4/c1-3-5-8-19-13(17)15-11-9-10(6-7-14-11)12(16)18-4-2/h6-7,9H,3-5,8H2,1-2H3,(H,14,15,17). The van der Waals surface area contributed by atoms with Crippen LogP contribution in [0.5, 0.6) is 0 Å². The topological polar surface area (TPSA) is 77.5 Å².